The Kier molecular flexibility index (Phi) is 5.57. The number of benzene rings is 2. The molecule has 2 heterocycles. The van der Waals surface area contributed by atoms with Gasteiger partial charge in [0.15, 0.2) is 0 Å². The van der Waals surface area contributed by atoms with Gasteiger partial charge in [0.05, 0.1) is 34.6 Å². The second-order valence-electron chi connectivity index (χ2n) is 6.56. The van der Waals surface area contributed by atoms with Crippen LogP contribution < -0.4 is 15.4 Å². The Balaban J connectivity index is 1.78. The number of hydrogen-bond acceptors (Lipinski definition) is 6. The highest BCUT2D eigenvalue weighted by Gasteiger charge is 2.20. The van der Waals surface area contributed by atoms with Crippen molar-refractivity contribution >= 4 is 28.2 Å². The average molecular weight is 403 g/mol. The molecule has 6 nitrogen and oxygen atoms in total. The van der Waals surface area contributed by atoms with Crippen molar-refractivity contribution in [1.29, 1.82) is 0 Å². The van der Waals surface area contributed by atoms with Crippen molar-refractivity contribution in [3.8, 4) is 17.0 Å². The number of rotatable bonds is 7. The molecule has 2 N–H and O–H groups in total. The standard InChI is InChI=1S/C20H20ClFN4O2/c1-27-4-5-28-19-8-17-14(7-18(19)26-13-9-23-10-13)20(25-11-24-17)12-2-3-16(22)15(21)6-12/h2-3,6-8,11,13,23,26H,4-5,9-10H2,1H3. The van der Waals surface area contributed by atoms with Gasteiger partial charge in [-0.1, -0.05) is 11.6 Å². The number of fused-ring (bicyclic) bond motifs is 1. The van der Waals surface area contributed by atoms with E-state index in [0.29, 0.717) is 30.7 Å². The number of nitrogens with zero attached hydrogens (tertiary/aromatic N) is 2. The monoisotopic (exact) mass is 402 g/mol. The van der Waals surface area contributed by atoms with Gasteiger partial charge < -0.3 is 20.1 Å². The minimum atomic E-state index is -0.461. The van der Waals surface area contributed by atoms with Gasteiger partial charge >= 0.3 is 0 Å². The van der Waals surface area contributed by atoms with Gasteiger partial charge in [0, 0.05) is 37.2 Å². The highest BCUT2D eigenvalue weighted by molar-refractivity contribution is 6.31. The number of methoxy groups -OCH3 is 1. The van der Waals surface area contributed by atoms with Gasteiger partial charge in [0.25, 0.3) is 0 Å². The SMILES string of the molecule is COCCOc1cc2ncnc(-c3ccc(F)c(Cl)c3)c2cc1NC1CNC1. The van der Waals surface area contributed by atoms with Crippen LogP contribution in [0.3, 0.4) is 0 Å². The van der Waals surface area contributed by atoms with Gasteiger partial charge in [-0.15, -0.1) is 0 Å². The maximum atomic E-state index is 13.6. The maximum Gasteiger partial charge on any atom is 0.144 e. The molecule has 1 fully saturated rings. The summed E-state index contributed by atoms with van der Waals surface area (Å²) in [4.78, 5) is 8.80. The molecule has 3 aromatic rings. The fourth-order valence-electron chi connectivity index (χ4n) is 3.04. The van der Waals surface area contributed by atoms with E-state index in [2.05, 4.69) is 20.6 Å². The van der Waals surface area contributed by atoms with Gasteiger partial charge in [0.1, 0.15) is 24.5 Å². The van der Waals surface area contributed by atoms with E-state index in [0.717, 1.165) is 35.2 Å². The molecule has 146 valence electrons. The van der Waals surface area contributed by atoms with Crippen LogP contribution in [-0.4, -0.2) is 49.4 Å². The van der Waals surface area contributed by atoms with E-state index in [-0.39, 0.29) is 5.02 Å². The molecule has 1 aliphatic rings. The second-order valence-corrected chi connectivity index (χ2v) is 6.96. The van der Waals surface area contributed by atoms with Crippen LogP contribution in [0.15, 0.2) is 36.7 Å². The lowest BCUT2D eigenvalue weighted by atomic mass is 10.0. The van der Waals surface area contributed by atoms with Crippen molar-refractivity contribution in [2.45, 2.75) is 6.04 Å². The zero-order chi connectivity index (χ0) is 19.5. The fraction of sp³-hybridized carbons (Fsp3) is 0.300. The normalized spacial score (nSPS) is 14.1. The van der Waals surface area contributed by atoms with Crippen LogP contribution in [0.25, 0.3) is 22.2 Å². The van der Waals surface area contributed by atoms with Crippen molar-refractivity contribution in [2.75, 3.05) is 38.7 Å². The van der Waals surface area contributed by atoms with Crippen molar-refractivity contribution in [3.05, 3.63) is 47.5 Å². The highest BCUT2D eigenvalue weighted by Crippen LogP contribution is 2.35. The van der Waals surface area contributed by atoms with Gasteiger partial charge in [0.2, 0.25) is 0 Å². The lowest BCUT2D eigenvalue weighted by molar-refractivity contribution is 0.146. The molecule has 0 saturated carbocycles. The van der Waals surface area contributed by atoms with Crippen molar-refractivity contribution in [1.82, 2.24) is 15.3 Å². The Bertz CT molecular complexity index is 997. The highest BCUT2D eigenvalue weighted by atomic mass is 35.5. The summed E-state index contributed by atoms with van der Waals surface area (Å²) in [6.45, 7) is 2.71. The molecule has 0 spiro atoms. The topological polar surface area (TPSA) is 68.3 Å². The number of anilines is 1. The molecule has 0 aliphatic carbocycles. The number of hydrogen-bond donors (Lipinski definition) is 2. The zero-order valence-corrected chi connectivity index (χ0v) is 16.1. The predicted octanol–water partition coefficient (Wildman–Crippen LogP) is 3.50. The quantitative estimate of drug-likeness (QED) is 0.589. The molecule has 1 aromatic heterocycles. The number of halogens is 2. The lowest BCUT2D eigenvalue weighted by Gasteiger charge is -2.30. The molecule has 4 rings (SSSR count). The minimum absolute atomic E-state index is 0.0580. The van der Waals surface area contributed by atoms with Gasteiger partial charge in [-0.25, -0.2) is 14.4 Å². The zero-order valence-electron chi connectivity index (χ0n) is 15.3. The first-order valence-electron chi connectivity index (χ1n) is 8.99. The maximum absolute atomic E-state index is 13.6. The first kappa shape index (κ1) is 18.9. The second kappa shape index (κ2) is 8.26. The van der Waals surface area contributed by atoms with E-state index >= 15 is 0 Å². The smallest absolute Gasteiger partial charge is 0.144 e. The molecule has 0 amide bonds. The predicted molar refractivity (Wildman–Crippen MR) is 108 cm³/mol. The molecule has 1 aliphatic heterocycles. The van der Waals surface area contributed by atoms with E-state index in [1.165, 1.54) is 12.4 Å². The minimum Gasteiger partial charge on any atom is -0.489 e. The number of ether oxygens (including phenoxy) is 2. The molecule has 0 radical (unpaired) electrons. The van der Waals surface area contributed by atoms with E-state index in [1.54, 1.807) is 19.2 Å². The molecule has 28 heavy (non-hydrogen) atoms. The number of aromatic nitrogens is 2. The average Bonchev–Trinajstić information content (AvgIpc) is 2.66. The first-order valence-corrected chi connectivity index (χ1v) is 9.36. The Labute approximate surface area is 167 Å². The third-order valence-electron chi connectivity index (χ3n) is 4.62. The lowest BCUT2D eigenvalue weighted by Crippen LogP contribution is -2.51. The third kappa shape index (κ3) is 3.87. The van der Waals surface area contributed by atoms with Gasteiger partial charge in [-0.2, -0.15) is 0 Å². The van der Waals surface area contributed by atoms with Crippen molar-refractivity contribution < 1.29 is 13.9 Å². The summed E-state index contributed by atoms with van der Waals surface area (Å²) in [5.74, 6) is 0.246. The number of nitrogens with one attached hydrogen (secondary N) is 2. The summed E-state index contributed by atoms with van der Waals surface area (Å²) in [5.41, 5.74) is 3.00. The van der Waals surface area contributed by atoms with Crippen molar-refractivity contribution in [3.63, 3.8) is 0 Å². The van der Waals surface area contributed by atoms with Crippen LogP contribution in [0, 0.1) is 5.82 Å². The van der Waals surface area contributed by atoms with Crippen LogP contribution in [-0.2, 0) is 4.74 Å². The van der Waals surface area contributed by atoms with E-state index in [4.69, 9.17) is 21.1 Å². The molecular weight excluding hydrogens is 383 g/mol. The molecule has 0 unspecified atom stereocenters. The molecule has 0 atom stereocenters. The molecule has 0 bridgehead atoms. The summed E-state index contributed by atoms with van der Waals surface area (Å²) in [6, 6.07) is 8.76. The van der Waals surface area contributed by atoms with E-state index in [9.17, 15) is 4.39 Å². The van der Waals surface area contributed by atoms with Crippen molar-refractivity contribution in [2.24, 2.45) is 0 Å². The van der Waals surface area contributed by atoms with Gasteiger partial charge in [-0.3, -0.25) is 0 Å². The molecule has 8 heteroatoms. The summed E-state index contributed by atoms with van der Waals surface area (Å²) >= 11 is 5.97. The molecule has 1 saturated heterocycles. The largest absolute Gasteiger partial charge is 0.489 e. The Morgan fingerprint density at radius 1 is 1.21 bits per heavy atom. The fourth-order valence-corrected chi connectivity index (χ4v) is 3.22. The summed E-state index contributed by atoms with van der Waals surface area (Å²) in [6.07, 6.45) is 1.48. The summed E-state index contributed by atoms with van der Waals surface area (Å²) < 4.78 is 24.5. The Hall–Kier alpha value is -2.48. The van der Waals surface area contributed by atoms with Gasteiger partial charge in [-0.05, 0) is 24.3 Å². The first-order chi connectivity index (χ1) is 13.7. The van der Waals surface area contributed by atoms with Crippen LogP contribution in [0.5, 0.6) is 5.75 Å². The Morgan fingerprint density at radius 3 is 2.79 bits per heavy atom. The van der Waals surface area contributed by atoms with E-state index in [1.807, 2.05) is 12.1 Å². The summed E-state index contributed by atoms with van der Waals surface area (Å²) in [5, 5.41) is 7.63. The van der Waals surface area contributed by atoms with Crippen LogP contribution in [0.4, 0.5) is 10.1 Å². The van der Waals surface area contributed by atoms with Crippen LogP contribution >= 0.6 is 11.6 Å². The van der Waals surface area contributed by atoms with Crippen LogP contribution in [0.1, 0.15) is 0 Å². The molecule has 2 aromatic carbocycles. The van der Waals surface area contributed by atoms with E-state index < -0.39 is 5.82 Å². The molecular formula is C20H20ClFN4O2. The summed E-state index contributed by atoms with van der Waals surface area (Å²) in [7, 11) is 1.64. The third-order valence-corrected chi connectivity index (χ3v) is 4.91. The van der Waals surface area contributed by atoms with Crippen LogP contribution in [0.2, 0.25) is 5.02 Å². The Morgan fingerprint density at radius 2 is 2.07 bits per heavy atom.